The highest BCUT2D eigenvalue weighted by Gasteiger charge is 2.25. The fourth-order valence-electron chi connectivity index (χ4n) is 1.46. The van der Waals surface area contributed by atoms with E-state index in [0.717, 1.165) is 0 Å². The quantitative estimate of drug-likeness (QED) is 0.619. The van der Waals surface area contributed by atoms with Crippen LogP contribution in [0.2, 0.25) is 0 Å². The van der Waals surface area contributed by atoms with Crippen LogP contribution >= 0.6 is 0 Å². The summed E-state index contributed by atoms with van der Waals surface area (Å²) < 4.78 is 4.65. The van der Waals surface area contributed by atoms with Crippen LogP contribution in [0.25, 0.3) is 0 Å². The van der Waals surface area contributed by atoms with Gasteiger partial charge < -0.3 is 15.8 Å². The molecule has 0 aliphatic heterocycles. The maximum absolute atomic E-state index is 11.9. The normalized spacial score (nSPS) is 13.4. The summed E-state index contributed by atoms with van der Waals surface area (Å²) in [5.41, 5.74) is 6.01. The number of carbonyl (C=O) groups excluding carboxylic acids is 3. The third-order valence-electron chi connectivity index (χ3n) is 2.93. The molecule has 1 rings (SSSR count). The van der Waals surface area contributed by atoms with Crippen LogP contribution < -0.4 is 11.1 Å². The van der Waals surface area contributed by atoms with E-state index in [4.69, 9.17) is 5.73 Å². The monoisotopic (exact) mass is 292 g/mol. The van der Waals surface area contributed by atoms with Crippen LogP contribution in [0.4, 0.5) is 0 Å². The molecule has 0 aromatic heterocycles. The number of esters is 2. The summed E-state index contributed by atoms with van der Waals surface area (Å²) in [6.45, 7) is 4.94. The van der Waals surface area contributed by atoms with Gasteiger partial charge in [-0.2, -0.15) is 0 Å². The molecule has 0 spiro atoms. The van der Waals surface area contributed by atoms with Crippen molar-refractivity contribution < 1.29 is 19.1 Å². The minimum Gasteiger partial charge on any atom is -0.390 e. The molecule has 1 amide bonds. The number of nitrogens with one attached hydrogen (secondary N) is 1. The molecule has 0 aliphatic rings. The van der Waals surface area contributed by atoms with Crippen molar-refractivity contribution in [3.63, 3.8) is 0 Å². The molecule has 3 N–H and O–H groups in total. The van der Waals surface area contributed by atoms with Crippen LogP contribution in [0, 0.1) is 5.92 Å². The van der Waals surface area contributed by atoms with E-state index in [2.05, 4.69) is 10.1 Å². The zero-order chi connectivity index (χ0) is 16.0. The van der Waals surface area contributed by atoms with Gasteiger partial charge in [-0.05, 0) is 25.0 Å². The molecule has 1 aromatic rings. The summed E-state index contributed by atoms with van der Waals surface area (Å²) in [5.74, 6) is -2.18. The van der Waals surface area contributed by atoms with E-state index in [-0.39, 0.29) is 5.92 Å². The Morgan fingerprint density at radius 3 is 2.14 bits per heavy atom. The third-order valence-corrected chi connectivity index (χ3v) is 2.93. The number of hydrogen-bond donors (Lipinski definition) is 2. The molecule has 1 aromatic carbocycles. The van der Waals surface area contributed by atoms with Crippen molar-refractivity contribution >= 4 is 17.8 Å². The van der Waals surface area contributed by atoms with E-state index in [1.807, 2.05) is 0 Å². The lowest BCUT2D eigenvalue weighted by atomic mass is 10.1. The Bertz CT molecular complexity index is 514. The van der Waals surface area contributed by atoms with E-state index >= 15 is 0 Å². The summed E-state index contributed by atoms with van der Waals surface area (Å²) in [6, 6.07) is 6.62. The molecule has 2 atom stereocenters. The molecule has 0 saturated carbocycles. The van der Waals surface area contributed by atoms with Gasteiger partial charge in [-0.1, -0.05) is 32.0 Å². The molecule has 0 aliphatic carbocycles. The van der Waals surface area contributed by atoms with Gasteiger partial charge in [0.05, 0.1) is 0 Å². The smallest absolute Gasteiger partial charge is 0.336 e. The summed E-state index contributed by atoms with van der Waals surface area (Å²) >= 11 is 0. The zero-order valence-corrected chi connectivity index (χ0v) is 12.3. The molecular formula is C15H20N2O4. The molecule has 0 saturated heterocycles. The minimum atomic E-state index is -0.944. The fourth-order valence-corrected chi connectivity index (χ4v) is 1.46. The Kier molecular flexibility index (Phi) is 6.05. The van der Waals surface area contributed by atoms with E-state index in [0.29, 0.717) is 5.56 Å². The number of benzene rings is 1. The predicted molar refractivity (Wildman–Crippen MR) is 77.3 cm³/mol. The van der Waals surface area contributed by atoms with Gasteiger partial charge in [-0.25, -0.2) is 9.59 Å². The molecule has 21 heavy (non-hydrogen) atoms. The number of rotatable bonds is 5. The van der Waals surface area contributed by atoms with Gasteiger partial charge in [0.25, 0.3) is 5.91 Å². The van der Waals surface area contributed by atoms with Crippen LogP contribution in [-0.4, -0.2) is 29.9 Å². The molecule has 0 radical (unpaired) electrons. The summed E-state index contributed by atoms with van der Waals surface area (Å²) in [5, 5.41) is 2.46. The van der Waals surface area contributed by atoms with E-state index < -0.39 is 29.9 Å². The van der Waals surface area contributed by atoms with Crippen molar-refractivity contribution in [1.29, 1.82) is 0 Å². The van der Waals surface area contributed by atoms with Crippen LogP contribution in [0.5, 0.6) is 0 Å². The summed E-state index contributed by atoms with van der Waals surface area (Å²) in [7, 11) is 0. The lowest BCUT2D eigenvalue weighted by Crippen LogP contribution is -2.44. The van der Waals surface area contributed by atoms with Crippen LogP contribution in [0.15, 0.2) is 30.3 Å². The second-order valence-electron chi connectivity index (χ2n) is 5.07. The molecule has 6 heteroatoms. The van der Waals surface area contributed by atoms with E-state index in [1.54, 1.807) is 44.2 Å². The molecule has 0 heterocycles. The summed E-state index contributed by atoms with van der Waals surface area (Å²) in [4.78, 5) is 35.2. The standard InChI is InChI=1S/C15H20N2O4/c1-9(2)12(16)15(20)21-14(19)10(3)17-13(18)11-7-5-4-6-8-11/h4-10,12H,16H2,1-3H3,(H,17,18)/t10-,12+/m1/s1. The number of nitrogens with two attached hydrogens (primary N) is 1. The maximum Gasteiger partial charge on any atom is 0.336 e. The lowest BCUT2D eigenvalue weighted by molar-refractivity contribution is -0.162. The second kappa shape index (κ2) is 7.54. The van der Waals surface area contributed by atoms with Crippen molar-refractivity contribution in [3.05, 3.63) is 35.9 Å². The van der Waals surface area contributed by atoms with Gasteiger partial charge in [0, 0.05) is 5.56 Å². The van der Waals surface area contributed by atoms with Gasteiger partial charge in [-0.3, -0.25) is 4.79 Å². The highest BCUT2D eigenvalue weighted by atomic mass is 16.6. The first-order valence-electron chi connectivity index (χ1n) is 6.70. The first kappa shape index (κ1) is 16.8. The van der Waals surface area contributed by atoms with Gasteiger partial charge in [0.15, 0.2) is 0 Å². The van der Waals surface area contributed by atoms with Gasteiger partial charge in [0.2, 0.25) is 0 Å². The largest absolute Gasteiger partial charge is 0.390 e. The topological polar surface area (TPSA) is 98.5 Å². The fraction of sp³-hybridized carbons (Fsp3) is 0.400. The lowest BCUT2D eigenvalue weighted by Gasteiger charge is -2.16. The highest BCUT2D eigenvalue weighted by Crippen LogP contribution is 2.03. The maximum atomic E-state index is 11.9. The SMILES string of the molecule is CC(C)[C@H](N)C(=O)OC(=O)[C@@H](C)NC(=O)c1ccccc1. The van der Waals surface area contributed by atoms with Gasteiger partial charge in [-0.15, -0.1) is 0 Å². The molecule has 0 fully saturated rings. The first-order valence-corrected chi connectivity index (χ1v) is 6.70. The van der Waals surface area contributed by atoms with Crippen molar-refractivity contribution in [2.45, 2.75) is 32.9 Å². The van der Waals surface area contributed by atoms with Crippen LogP contribution in [0.1, 0.15) is 31.1 Å². The second-order valence-corrected chi connectivity index (χ2v) is 5.07. The third kappa shape index (κ3) is 5.00. The zero-order valence-electron chi connectivity index (χ0n) is 12.3. The average molecular weight is 292 g/mol. The van der Waals surface area contributed by atoms with Crippen molar-refractivity contribution in [2.24, 2.45) is 11.7 Å². The average Bonchev–Trinajstić information content (AvgIpc) is 2.46. The molecular weight excluding hydrogens is 272 g/mol. The number of carbonyl (C=O) groups is 3. The number of ether oxygens (including phenoxy) is 1. The molecule has 0 bridgehead atoms. The Labute approximate surface area is 123 Å². The number of hydrogen-bond acceptors (Lipinski definition) is 5. The summed E-state index contributed by atoms with van der Waals surface area (Å²) in [6.07, 6.45) is 0. The Morgan fingerprint density at radius 1 is 1.05 bits per heavy atom. The molecule has 0 unspecified atom stereocenters. The Balaban J connectivity index is 2.56. The Morgan fingerprint density at radius 2 is 1.62 bits per heavy atom. The van der Waals surface area contributed by atoms with Gasteiger partial charge in [0.1, 0.15) is 12.1 Å². The first-order chi connectivity index (χ1) is 9.82. The number of amides is 1. The van der Waals surface area contributed by atoms with E-state index in [9.17, 15) is 14.4 Å². The minimum absolute atomic E-state index is 0.139. The molecule has 6 nitrogen and oxygen atoms in total. The highest BCUT2D eigenvalue weighted by molar-refractivity contribution is 5.98. The van der Waals surface area contributed by atoms with Crippen molar-refractivity contribution in [2.75, 3.05) is 0 Å². The van der Waals surface area contributed by atoms with Crippen molar-refractivity contribution in [3.8, 4) is 0 Å². The van der Waals surface area contributed by atoms with E-state index in [1.165, 1.54) is 6.92 Å². The molecule has 114 valence electrons. The predicted octanol–water partition coefficient (Wildman–Crippen LogP) is 0.858. The van der Waals surface area contributed by atoms with Crippen LogP contribution in [-0.2, 0) is 14.3 Å². The van der Waals surface area contributed by atoms with Gasteiger partial charge >= 0.3 is 11.9 Å². The van der Waals surface area contributed by atoms with Crippen LogP contribution in [0.3, 0.4) is 0 Å². The Hall–Kier alpha value is -2.21. The van der Waals surface area contributed by atoms with Crippen molar-refractivity contribution in [1.82, 2.24) is 5.32 Å².